The summed E-state index contributed by atoms with van der Waals surface area (Å²) in [6, 6.07) is -0.678. The molecule has 1 aromatic heterocycles. The largest absolute Gasteiger partial charge is 0.368 e. The number of hydrogen-bond donors (Lipinski definition) is 3. The third-order valence-electron chi connectivity index (χ3n) is 2.61. The van der Waals surface area contributed by atoms with E-state index in [1.807, 2.05) is 0 Å². The van der Waals surface area contributed by atoms with Crippen LogP contribution in [0.4, 0.5) is 5.95 Å². The number of nitrogens with two attached hydrogens (primary N) is 1. The van der Waals surface area contributed by atoms with E-state index in [1.165, 1.54) is 6.92 Å². The summed E-state index contributed by atoms with van der Waals surface area (Å²) >= 11 is 0. The maximum atomic E-state index is 11.9. The molecule has 8 nitrogen and oxygen atoms in total. The summed E-state index contributed by atoms with van der Waals surface area (Å²) < 4.78 is 26.2. The van der Waals surface area contributed by atoms with Gasteiger partial charge in [-0.2, -0.15) is 4.72 Å². The lowest BCUT2D eigenvalue weighted by atomic mass is 10.3. The van der Waals surface area contributed by atoms with Crippen LogP contribution in [-0.4, -0.2) is 36.4 Å². The highest BCUT2D eigenvalue weighted by molar-refractivity contribution is 7.89. The number of anilines is 1. The fraction of sp³-hybridized carbons (Fsp3) is 0.500. The third kappa shape index (κ3) is 3.61. The fourth-order valence-corrected chi connectivity index (χ4v) is 2.46. The van der Waals surface area contributed by atoms with Gasteiger partial charge >= 0.3 is 0 Å². The highest BCUT2D eigenvalue weighted by Gasteiger charge is 2.28. The van der Waals surface area contributed by atoms with Crippen LogP contribution in [0.25, 0.3) is 0 Å². The lowest BCUT2D eigenvalue weighted by molar-refractivity contribution is -0.122. The van der Waals surface area contributed by atoms with Gasteiger partial charge in [0.15, 0.2) is 0 Å². The molecule has 1 aliphatic carbocycles. The summed E-state index contributed by atoms with van der Waals surface area (Å²) in [5.74, 6) is -0.360. The molecule has 1 aromatic rings. The molecule has 1 fully saturated rings. The minimum Gasteiger partial charge on any atom is -0.368 e. The highest BCUT2D eigenvalue weighted by atomic mass is 32.2. The summed E-state index contributed by atoms with van der Waals surface area (Å²) in [6.45, 7) is 1.48. The second-order valence-electron chi connectivity index (χ2n) is 4.40. The van der Waals surface area contributed by atoms with Gasteiger partial charge < -0.3 is 11.1 Å². The van der Waals surface area contributed by atoms with Crippen LogP contribution in [-0.2, 0) is 14.8 Å². The van der Waals surface area contributed by atoms with Gasteiger partial charge in [-0.25, -0.2) is 18.4 Å². The van der Waals surface area contributed by atoms with E-state index >= 15 is 0 Å². The zero-order chi connectivity index (χ0) is 14.0. The number of sulfonamides is 1. The molecule has 19 heavy (non-hydrogen) atoms. The van der Waals surface area contributed by atoms with Gasteiger partial charge in [-0.1, -0.05) is 0 Å². The van der Waals surface area contributed by atoms with Crippen LogP contribution in [0, 0.1) is 0 Å². The van der Waals surface area contributed by atoms with E-state index in [1.54, 1.807) is 0 Å². The second kappa shape index (κ2) is 5.10. The van der Waals surface area contributed by atoms with E-state index in [4.69, 9.17) is 5.73 Å². The van der Waals surface area contributed by atoms with Crippen molar-refractivity contribution in [1.82, 2.24) is 20.0 Å². The van der Waals surface area contributed by atoms with Crippen LogP contribution in [0.15, 0.2) is 17.3 Å². The Kier molecular flexibility index (Phi) is 3.67. The van der Waals surface area contributed by atoms with Gasteiger partial charge in [0.05, 0.1) is 18.4 Å². The zero-order valence-electron chi connectivity index (χ0n) is 10.3. The number of carbonyl (C=O) groups is 1. The molecule has 0 aliphatic heterocycles. The van der Waals surface area contributed by atoms with E-state index in [-0.39, 0.29) is 22.8 Å². The summed E-state index contributed by atoms with van der Waals surface area (Å²) in [6.07, 6.45) is 4.07. The van der Waals surface area contributed by atoms with Crippen LogP contribution in [0.1, 0.15) is 19.8 Å². The first kappa shape index (κ1) is 13.7. The molecule has 1 aliphatic rings. The van der Waals surface area contributed by atoms with Crippen molar-refractivity contribution in [2.45, 2.75) is 36.7 Å². The van der Waals surface area contributed by atoms with E-state index in [0.29, 0.717) is 0 Å². The molecule has 0 radical (unpaired) electrons. The number of nitrogens with one attached hydrogen (secondary N) is 2. The number of nitrogens with zero attached hydrogens (tertiary/aromatic N) is 2. The minimum atomic E-state index is -3.83. The third-order valence-corrected chi connectivity index (χ3v) is 4.10. The molecule has 0 saturated heterocycles. The van der Waals surface area contributed by atoms with Gasteiger partial charge in [0, 0.05) is 6.04 Å². The fourth-order valence-electron chi connectivity index (χ4n) is 1.37. The predicted molar refractivity (Wildman–Crippen MR) is 67.4 cm³/mol. The summed E-state index contributed by atoms with van der Waals surface area (Å²) in [7, 11) is -3.83. The Hall–Kier alpha value is -1.74. The van der Waals surface area contributed by atoms with Gasteiger partial charge in [0.2, 0.25) is 21.9 Å². The molecular weight excluding hydrogens is 270 g/mol. The number of amides is 1. The molecule has 0 aromatic carbocycles. The Labute approximate surface area is 110 Å². The number of nitrogen functional groups attached to an aromatic ring is 1. The van der Waals surface area contributed by atoms with Gasteiger partial charge in [-0.3, -0.25) is 4.79 Å². The molecule has 9 heteroatoms. The molecular formula is C10H15N5O3S. The smallest absolute Gasteiger partial charge is 0.244 e. The van der Waals surface area contributed by atoms with Crippen LogP contribution in [0.2, 0.25) is 0 Å². The molecule has 104 valence electrons. The Bertz CT molecular complexity index is 567. The number of aromatic nitrogens is 2. The Morgan fingerprint density at radius 3 is 2.53 bits per heavy atom. The van der Waals surface area contributed by atoms with Gasteiger partial charge in [-0.15, -0.1) is 0 Å². The van der Waals surface area contributed by atoms with Crippen LogP contribution < -0.4 is 15.8 Å². The van der Waals surface area contributed by atoms with Crippen molar-refractivity contribution in [1.29, 1.82) is 0 Å². The lowest BCUT2D eigenvalue weighted by Gasteiger charge is -2.13. The summed E-state index contributed by atoms with van der Waals surface area (Å²) in [4.78, 5) is 18.7. The van der Waals surface area contributed by atoms with Crippen molar-refractivity contribution in [3.63, 3.8) is 0 Å². The number of hydrogen-bond acceptors (Lipinski definition) is 6. The zero-order valence-corrected chi connectivity index (χ0v) is 11.1. The first-order valence-corrected chi connectivity index (χ1v) is 7.27. The van der Waals surface area contributed by atoms with Crippen molar-refractivity contribution >= 4 is 21.9 Å². The monoisotopic (exact) mass is 285 g/mol. The van der Waals surface area contributed by atoms with E-state index in [9.17, 15) is 13.2 Å². The average molecular weight is 285 g/mol. The SMILES string of the molecule is CC(NS(=O)(=O)c1cnc(N)nc1)C(=O)NC1CC1. The minimum absolute atomic E-state index is 0.0153. The maximum absolute atomic E-state index is 11.9. The lowest BCUT2D eigenvalue weighted by Crippen LogP contribution is -2.45. The van der Waals surface area contributed by atoms with E-state index in [2.05, 4.69) is 20.0 Å². The molecule has 1 saturated carbocycles. The molecule has 1 unspecified atom stereocenters. The van der Waals surface area contributed by atoms with Crippen molar-refractivity contribution in [3.8, 4) is 0 Å². The Morgan fingerprint density at radius 1 is 1.42 bits per heavy atom. The first-order valence-electron chi connectivity index (χ1n) is 5.79. The van der Waals surface area contributed by atoms with E-state index in [0.717, 1.165) is 25.2 Å². The molecule has 0 spiro atoms. The highest BCUT2D eigenvalue weighted by Crippen LogP contribution is 2.18. The number of rotatable bonds is 5. The van der Waals surface area contributed by atoms with Crippen molar-refractivity contribution < 1.29 is 13.2 Å². The standard InChI is InChI=1S/C10H15N5O3S/c1-6(9(16)14-7-2-3-7)15-19(17,18)8-4-12-10(11)13-5-8/h4-7,15H,2-3H2,1H3,(H,14,16)(H2,11,12,13). The first-order chi connectivity index (χ1) is 8.88. The second-order valence-corrected chi connectivity index (χ2v) is 6.12. The van der Waals surface area contributed by atoms with Crippen LogP contribution in [0.3, 0.4) is 0 Å². The molecule has 1 heterocycles. The Morgan fingerprint density at radius 2 is 2.00 bits per heavy atom. The molecule has 1 atom stereocenters. The summed E-state index contributed by atoms with van der Waals surface area (Å²) in [5.41, 5.74) is 5.28. The van der Waals surface area contributed by atoms with Crippen molar-refractivity contribution in [2.24, 2.45) is 0 Å². The quantitative estimate of drug-likeness (QED) is 0.637. The van der Waals surface area contributed by atoms with Gasteiger partial charge in [0.25, 0.3) is 0 Å². The number of carbonyl (C=O) groups excluding carboxylic acids is 1. The molecule has 0 bridgehead atoms. The summed E-state index contributed by atoms with van der Waals surface area (Å²) in [5, 5.41) is 2.72. The van der Waals surface area contributed by atoms with Gasteiger partial charge in [-0.05, 0) is 19.8 Å². The topological polar surface area (TPSA) is 127 Å². The maximum Gasteiger partial charge on any atom is 0.244 e. The van der Waals surface area contributed by atoms with Crippen LogP contribution in [0.5, 0.6) is 0 Å². The van der Waals surface area contributed by atoms with Crippen LogP contribution >= 0.6 is 0 Å². The van der Waals surface area contributed by atoms with E-state index < -0.39 is 16.1 Å². The van der Waals surface area contributed by atoms with Crippen molar-refractivity contribution in [3.05, 3.63) is 12.4 Å². The normalized spacial score (nSPS) is 16.9. The molecule has 1 amide bonds. The average Bonchev–Trinajstić information content (AvgIpc) is 3.12. The molecule has 4 N–H and O–H groups in total. The van der Waals surface area contributed by atoms with Gasteiger partial charge in [0.1, 0.15) is 4.90 Å². The Balaban J connectivity index is 2.03. The van der Waals surface area contributed by atoms with Crippen molar-refractivity contribution in [2.75, 3.05) is 5.73 Å². The molecule has 2 rings (SSSR count). The predicted octanol–water partition coefficient (Wildman–Crippen LogP) is -0.996.